The number of hydrogen-bond acceptors (Lipinski definition) is 2. The number of aliphatic hydroxyl groups is 1. The minimum atomic E-state index is -0.214. The Morgan fingerprint density at radius 3 is 2.57 bits per heavy atom. The molecule has 3 heteroatoms. The van der Waals surface area contributed by atoms with Crippen LogP contribution in [0.25, 0.3) is 0 Å². The average molecular weight is 291 g/mol. The maximum absolute atomic E-state index is 14.1. The average Bonchev–Trinajstić information content (AvgIpc) is 2.41. The van der Waals surface area contributed by atoms with Crippen LogP contribution in [0.1, 0.15) is 44.7 Å². The van der Waals surface area contributed by atoms with Gasteiger partial charge >= 0.3 is 0 Å². The van der Waals surface area contributed by atoms with Crippen LogP contribution in [-0.2, 0) is 6.54 Å². The van der Waals surface area contributed by atoms with Crippen molar-refractivity contribution < 1.29 is 9.50 Å². The number of benzene rings is 1. The molecule has 0 amide bonds. The molecule has 0 saturated heterocycles. The lowest BCUT2D eigenvalue weighted by atomic mass is 10.0. The summed E-state index contributed by atoms with van der Waals surface area (Å²) < 4.78 is 14.1. The Morgan fingerprint density at radius 2 is 2.00 bits per heavy atom. The monoisotopic (exact) mass is 291 g/mol. The first kappa shape index (κ1) is 17.7. The molecule has 1 aromatic rings. The highest BCUT2D eigenvalue weighted by Gasteiger charge is 2.13. The summed E-state index contributed by atoms with van der Waals surface area (Å²) in [6.07, 6.45) is 1.52. The smallest absolute Gasteiger partial charge is 0.128 e. The van der Waals surface area contributed by atoms with Crippen molar-refractivity contribution in [3.8, 4) is 11.8 Å². The van der Waals surface area contributed by atoms with E-state index in [1.807, 2.05) is 13.1 Å². The van der Waals surface area contributed by atoms with E-state index >= 15 is 0 Å². The van der Waals surface area contributed by atoms with Gasteiger partial charge in [-0.25, -0.2) is 4.39 Å². The molecular weight excluding hydrogens is 265 g/mol. The second-order valence-corrected chi connectivity index (χ2v) is 5.98. The molecule has 0 aliphatic heterocycles. The van der Waals surface area contributed by atoms with Crippen LogP contribution >= 0.6 is 0 Å². The minimum absolute atomic E-state index is 0.0338. The first-order chi connectivity index (χ1) is 9.93. The van der Waals surface area contributed by atoms with Gasteiger partial charge in [0.15, 0.2) is 0 Å². The van der Waals surface area contributed by atoms with E-state index in [1.165, 1.54) is 6.07 Å². The van der Waals surface area contributed by atoms with Gasteiger partial charge < -0.3 is 5.11 Å². The predicted molar refractivity (Wildman–Crippen MR) is 85.4 cm³/mol. The standard InChI is InChI=1S/C18H26FNO/c1-14(2)11-15(3)20(4)13-17-9-8-16(12-18(17)19)7-5-6-10-21/h8-9,12,14-15,21H,6,10-11,13H2,1-4H3. The van der Waals surface area contributed by atoms with Crippen LogP contribution in [0.5, 0.6) is 0 Å². The van der Waals surface area contributed by atoms with Gasteiger partial charge in [0.25, 0.3) is 0 Å². The molecule has 1 rings (SSSR count). The Balaban J connectivity index is 2.70. The molecule has 1 aromatic carbocycles. The fraction of sp³-hybridized carbons (Fsp3) is 0.556. The van der Waals surface area contributed by atoms with E-state index in [4.69, 9.17) is 5.11 Å². The van der Waals surface area contributed by atoms with Crippen molar-refractivity contribution in [3.05, 3.63) is 35.1 Å². The van der Waals surface area contributed by atoms with E-state index in [0.717, 1.165) is 6.42 Å². The van der Waals surface area contributed by atoms with Crippen molar-refractivity contribution in [1.29, 1.82) is 0 Å². The molecule has 0 aromatic heterocycles. The molecule has 0 saturated carbocycles. The van der Waals surface area contributed by atoms with Crippen molar-refractivity contribution in [3.63, 3.8) is 0 Å². The molecule has 0 aliphatic rings. The molecule has 0 radical (unpaired) electrons. The third kappa shape index (κ3) is 6.29. The first-order valence-electron chi connectivity index (χ1n) is 7.52. The van der Waals surface area contributed by atoms with Crippen molar-refractivity contribution in [2.75, 3.05) is 13.7 Å². The van der Waals surface area contributed by atoms with Gasteiger partial charge in [-0.15, -0.1) is 0 Å². The summed E-state index contributed by atoms with van der Waals surface area (Å²) in [6.45, 7) is 7.21. The Labute approximate surface area is 128 Å². The Bertz CT molecular complexity index is 502. The van der Waals surface area contributed by atoms with Crippen LogP contribution in [0.4, 0.5) is 4.39 Å². The fourth-order valence-corrected chi connectivity index (χ4v) is 2.26. The topological polar surface area (TPSA) is 23.5 Å². The summed E-state index contributed by atoms with van der Waals surface area (Å²) in [5, 5.41) is 8.67. The molecule has 21 heavy (non-hydrogen) atoms. The lowest BCUT2D eigenvalue weighted by molar-refractivity contribution is 0.218. The van der Waals surface area contributed by atoms with Crippen LogP contribution < -0.4 is 0 Å². The number of aliphatic hydroxyl groups excluding tert-OH is 1. The SMILES string of the molecule is CC(C)CC(C)N(C)Cc1ccc(C#CCCO)cc1F. The van der Waals surface area contributed by atoms with Crippen molar-refractivity contribution >= 4 is 0 Å². The van der Waals surface area contributed by atoms with Gasteiger partial charge in [0, 0.05) is 30.1 Å². The lowest BCUT2D eigenvalue weighted by Crippen LogP contribution is -2.30. The molecule has 0 spiro atoms. The highest BCUT2D eigenvalue weighted by Crippen LogP contribution is 2.16. The van der Waals surface area contributed by atoms with Gasteiger partial charge in [-0.05, 0) is 38.4 Å². The van der Waals surface area contributed by atoms with Gasteiger partial charge in [0.05, 0.1) is 6.61 Å². The number of halogens is 1. The number of nitrogens with zero attached hydrogens (tertiary/aromatic N) is 1. The van der Waals surface area contributed by atoms with E-state index in [-0.39, 0.29) is 12.4 Å². The molecule has 1 unspecified atom stereocenters. The van der Waals surface area contributed by atoms with Crippen molar-refractivity contribution in [1.82, 2.24) is 4.90 Å². The Morgan fingerprint density at radius 1 is 1.29 bits per heavy atom. The summed E-state index contributed by atoms with van der Waals surface area (Å²) in [6, 6.07) is 5.54. The maximum Gasteiger partial charge on any atom is 0.128 e. The van der Waals surface area contributed by atoms with Crippen molar-refractivity contribution in [2.24, 2.45) is 5.92 Å². The zero-order valence-corrected chi connectivity index (χ0v) is 13.5. The highest BCUT2D eigenvalue weighted by molar-refractivity contribution is 5.37. The minimum Gasteiger partial charge on any atom is -0.395 e. The molecule has 1 atom stereocenters. The van der Waals surface area contributed by atoms with E-state index in [9.17, 15) is 4.39 Å². The largest absolute Gasteiger partial charge is 0.395 e. The fourth-order valence-electron chi connectivity index (χ4n) is 2.26. The summed E-state index contributed by atoms with van der Waals surface area (Å²) in [5.74, 6) is 6.08. The molecule has 0 aliphatic carbocycles. The quantitative estimate of drug-likeness (QED) is 0.812. The maximum atomic E-state index is 14.1. The summed E-state index contributed by atoms with van der Waals surface area (Å²) in [7, 11) is 2.03. The summed E-state index contributed by atoms with van der Waals surface area (Å²) in [5.41, 5.74) is 1.35. The molecule has 1 N–H and O–H groups in total. The van der Waals surface area contributed by atoms with Gasteiger partial charge in [-0.3, -0.25) is 4.90 Å². The summed E-state index contributed by atoms with van der Waals surface area (Å²) >= 11 is 0. The normalized spacial score (nSPS) is 12.4. The number of hydrogen-bond donors (Lipinski definition) is 1. The first-order valence-corrected chi connectivity index (χ1v) is 7.52. The molecule has 0 bridgehead atoms. The zero-order valence-electron chi connectivity index (χ0n) is 13.5. The third-order valence-corrected chi connectivity index (χ3v) is 3.51. The van der Waals surface area contributed by atoms with Crippen LogP contribution in [0.2, 0.25) is 0 Å². The molecule has 0 fully saturated rings. The van der Waals surface area contributed by atoms with Crippen LogP contribution in [0.15, 0.2) is 18.2 Å². The van der Waals surface area contributed by atoms with Gasteiger partial charge in [-0.1, -0.05) is 31.8 Å². The van der Waals surface area contributed by atoms with E-state index in [1.54, 1.807) is 6.07 Å². The van der Waals surface area contributed by atoms with Crippen molar-refractivity contribution in [2.45, 2.75) is 46.2 Å². The van der Waals surface area contributed by atoms with Crippen LogP contribution in [0.3, 0.4) is 0 Å². The number of rotatable bonds is 6. The van der Waals surface area contributed by atoms with E-state index in [2.05, 4.69) is 37.5 Å². The van der Waals surface area contributed by atoms with Crippen LogP contribution in [0, 0.1) is 23.6 Å². The molecular formula is C18H26FNO. The van der Waals surface area contributed by atoms with Gasteiger partial charge in [0.2, 0.25) is 0 Å². The zero-order chi connectivity index (χ0) is 15.8. The van der Waals surface area contributed by atoms with Gasteiger partial charge in [-0.2, -0.15) is 0 Å². The molecule has 116 valence electrons. The summed E-state index contributed by atoms with van der Waals surface area (Å²) in [4.78, 5) is 2.18. The second-order valence-electron chi connectivity index (χ2n) is 5.98. The third-order valence-electron chi connectivity index (χ3n) is 3.51. The highest BCUT2D eigenvalue weighted by atomic mass is 19.1. The molecule has 0 heterocycles. The second kappa shape index (κ2) is 8.81. The molecule has 2 nitrogen and oxygen atoms in total. The Hall–Kier alpha value is -1.37. The van der Waals surface area contributed by atoms with Gasteiger partial charge in [0.1, 0.15) is 5.82 Å². The van der Waals surface area contributed by atoms with Crippen LogP contribution in [-0.4, -0.2) is 29.7 Å². The Kier molecular flexibility index (Phi) is 7.42. The lowest BCUT2D eigenvalue weighted by Gasteiger charge is -2.26. The predicted octanol–water partition coefficient (Wildman–Crippen LogP) is 3.43. The van der Waals surface area contributed by atoms with E-state index < -0.39 is 0 Å². The van der Waals surface area contributed by atoms with E-state index in [0.29, 0.717) is 36.1 Å².